The predicted octanol–water partition coefficient (Wildman–Crippen LogP) is 2.32. The van der Waals surface area contributed by atoms with Gasteiger partial charge < -0.3 is 10.1 Å². The number of ether oxygens (including phenoxy) is 1. The summed E-state index contributed by atoms with van der Waals surface area (Å²) in [5.74, 6) is -0.146. The van der Waals surface area contributed by atoms with Gasteiger partial charge in [0.2, 0.25) is 0 Å². The molecule has 6 heteroatoms. The van der Waals surface area contributed by atoms with Gasteiger partial charge in [0.15, 0.2) is 5.65 Å². The van der Waals surface area contributed by atoms with Gasteiger partial charge in [0, 0.05) is 26.3 Å². The first-order chi connectivity index (χ1) is 11.6. The summed E-state index contributed by atoms with van der Waals surface area (Å²) in [5.41, 5.74) is 3.79. The fraction of sp³-hybridized carbons (Fsp3) is 0.278. The lowest BCUT2D eigenvalue weighted by molar-refractivity contribution is 0.0938. The molecule has 0 aliphatic carbocycles. The molecule has 0 aliphatic rings. The van der Waals surface area contributed by atoms with Gasteiger partial charge in [0.25, 0.3) is 5.91 Å². The maximum atomic E-state index is 12.6. The Morgan fingerprint density at radius 1 is 1.29 bits per heavy atom. The molecule has 0 atom stereocenters. The lowest BCUT2D eigenvalue weighted by Crippen LogP contribution is -2.27. The van der Waals surface area contributed by atoms with Crippen LogP contribution in [0.2, 0.25) is 0 Å². The quantitative estimate of drug-likeness (QED) is 0.731. The van der Waals surface area contributed by atoms with Crippen molar-refractivity contribution in [3.8, 4) is 11.3 Å². The van der Waals surface area contributed by atoms with Crippen molar-refractivity contribution in [3.05, 3.63) is 47.7 Å². The first-order valence-corrected chi connectivity index (χ1v) is 7.78. The second-order valence-electron chi connectivity index (χ2n) is 5.58. The van der Waals surface area contributed by atoms with Crippen molar-refractivity contribution in [2.45, 2.75) is 6.92 Å². The van der Waals surface area contributed by atoms with Crippen LogP contribution in [0.25, 0.3) is 22.3 Å². The zero-order chi connectivity index (χ0) is 17.1. The molecule has 24 heavy (non-hydrogen) atoms. The third-order valence-electron chi connectivity index (χ3n) is 3.87. The number of aromatic nitrogens is 3. The Balaban J connectivity index is 2.13. The molecule has 0 spiro atoms. The van der Waals surface area contributed by atoms with Crippen LogP contribution >= 0.6 is 0 Å². The molecule has 0 radical (unpaired) electrons. The highest BCUT2D eigenvalue weighted by atomic mass is 16.5. The number of fused-ring (bicyclic) bond motifs is 1. The first kappa shape index (κ1) is 16.1. The van der Waals surface area contributed by atoms with Crippen LogP contribution < -0.4 is 5.32 Å². The summed E-state index contributed by atoms with van der Waals surface area (Å²) in [4.78, 5) is 17.3. The average molecular weight is 324 g/mol. The summed E-state index contributed by atoms with van der Waals surface area (Å²) >= 11 is 0. The number of hydrogen-bond acceptors (Lipinski definition) is 4. The second kappa shape index (κ2) is 6.80. The number of pyridine rings is 1. The Kier molecular flexibility index (Phi) is 4.57. The highest BCUT2D eigenvalue weighted by Gasteiger charge is 2.18. The number of hydrogen-bond donors (Lipinski definition) is 1. The molecule has 2 aromatic heterocycles. The highest BCUT2D eigenvalue weighted by Crippen LogP contribution is 2.26. The van der Waals surface area contributed by atoms with E-state index in [1.54, 1.807) is 11.8 Å². The molecule has 0 unspecified atom stereocenters. The highest BCUT2D eigenvalue weighted by molar-refractivity contribution is 6.07. The normalized spacial score (nSPS) is 11.0. The minimum Gasteiger partial charge on any atom is -0.383 e. The zero-order valence-electron chi connectivity index (χ0n) is 14.0. The van der Waals surface area contributed by atoms with E-state index in [-0.39, 0.29) is 5.91 Å². The van der Waals surface area contributed by atoms with E-state index < -0.39 is 0 Å². The number of methoxy groups -OCH3 is 1. The van der Waals surface area contributed by atoms with E-state index in [4.69, 9.17) is 9.72 Å². The third-order valence-corrected chi connectivity index (χ3v) is 3.87. The topological polar surface area (TPSA) is 69.0 Å². The van der Waals surface area contributed by atoms with Crippen LogP contribution in [-0.4, -0.2) is 40.9 Å². The molecular weight excluding hydrogens is 304 g/mol. The van der Waals surface area contributed by atoms with E-state index in [1.165, 1.54) is 0 Å². The van der Waals surface area contributed by atoms with Crippen molar-refractivity contribution in [2.75, 3.05) is 20.3 Å². The van der Waals surface area contributed by atoms with E-state index >= 15 is 0 Å². The van der Waals surface area contributed by atoms with Gasteiger partial charge in [-0.3, -0.25) is 9.48 Å². The Morgan fingerprint density at radius 2 is 2.04 bits per heavy atom. The Morgan fingerprint density at radius 3 is 2.75 bits per heavy atom. The summed E-state index contributed by atoms with van der Waals surface area (Å²) in [6.45, 7) is 2.81. The largest absolute Gasteiger partial charge is 0.383 e. The fourth-order valence-corrected chi connectivity index (χ4v) is 2.74. The summed E-state index contributed by atoms with van der Waals surface area (Å²) in [5, 5.41) is 8.08. The molecule has 1 N–H and O–H groups in total. The monoisotopic (exact) mass is 324 g/mol. The van der Waals surface area contributed by atoms with Gasteiger partial charge in [-0.25, -0.2) is 4.98 Å². The van der Waals surface area contributed by atoms with Gasteiger partial charge in [-0.2, -0.15) is 5.10 Å². The molecule has 0 fully saturated rings. The van der Waals surface area contributed by atoms with Gasteiger partial charge in [-0.1, -0.05) is 30.3 Å². The van der Waals surface area contributed by atoms with E-state index in [0.717, 1.165) is 22.3 Å². The minimum atomic E-state index is -0.146. The molecule has 1 aromatic carbocycles. The number of amides is 1. The number of nitrogens with one attached hydrogen (secondary N) is 1. The number of aryl methyl sites for hydroxylation is 2. The fourth-order valence-electron chi connectivity index (χ4n) is 2.74. The maximum Gasteiger partial charge on any atom is 0.252 e. The number of nitrogens with zero attached hydrogens (tertiary/aromatic N) is 3. The predicted molar refractivity (Wildman–Crippen MR) is 92.9 cm³/mol. The average Bonchev–Trinajstić information content (AvgIpc) is 2.89. The molecule has 3 aromatic rings. The first-order valence-electron chi connectivity index (χ1n) is 7.78. The Labute approximate surface area is 140 Å². The molecule has 0 saturated carbocycles. The van der Waals surface area contributed by atoms with E-state index in [0.29, 0.717) is 24.4 Å². The van der Waals surface area contributed by atoms with Crippen molar-refractivity contribution < 1.29 is 9.53 Å². The van der Waals surface area contributed by atoms with Crippen molar-refractivity contribution in [2.24, 2.45) is 7.05 Å². The number of carbonyl (C=O) groups is 1. The van der Waals surface area contributed by atoms with Crippen LogP contribution in [0.4, 0.5) is 0 Å². The van der Waals surface area contributed by atoms with Crippen LogP contribution in [0.3, 0.4) is 0 Å². The molecular formula is C18H20N4O2. The zero-order valence-corrected chi connectivity index (χ0v) is 14.0. The Bertz CT molecular complexity index is 872. The maximum absolute atomic E-state index is 12.6. The Hall–Kier alpha value is -2.73. The second-order valence-corrected chi connectivity index (χ2v) is 5.58. The molecule has 3 rings (SSSR count). The van der Waals surface area contributed by atoms with E-state index in [2.05, 4.69) is 10.4 Å². The minimum absolute atomic E-state index is 0.146. The molecule has 0 aliphatic heterocycles. The third kappa shape index (κ3) is 3.00. The molecule has 2 heterocycles. The molecule has 0 saturated heterocycles. The summed E-state index contributed by atoms with van der Waals surface area (Å²) in [6, 6.07) is 11.6. The van der Waals surface area contributed by atoms with Gasteiger partial charge in [0.1, 0.15) is 0 Å². The van der Waals surface area contributed by atoms with E-state index in [1.807, 2.05) is 50.4 Å². The molecule has 1 amide bonds. The van der Waals surface area contributed by atoms with Gasteiger partial charge in [-0.05, 0) is 13.0 Å². The standard InChI is InChI=1S/C18H20N4O2/c1-12-16-14(18(23)19-9-10-24-3)11-15(13-7-5-4-6-8-13)20-17(16)22(2)21-12/h4-8,11H,9-10H2,1-3H3,(H,19,23). The van der Waals surface area contributed by atoms with Crippen molar-refractivity contribution in [3.63, 3.8) is 0 Å². The number of benzene rings is 1. The van der Waals surface area contributed by atoms with E-state index in [9.17, 15) is 4.79 Å². The van der Waals surface area contributed by atoms with Crippen LogP contribution in [0.5, 0.6) is 0 Å². The van der Waals surface area contributed by atoms with Crippen LogP contribution in [0, 0.1) is 6.92 Å². The van der Waals surface area contributed by atoms with Crippen molar-refractivity contribution in [1.82, 2.24) is 20.1 Å². The van der Waals surface area contributed by atoms with Crippen LogP contribution in [-0.2, 0) is 11.8 Å². The van der Waals surface area contributed by atoms with Gasteiger partial charge in [-0.15, -0.1) is 0 Å². The van der Waals surface area contributed by atoms with Gasteiger partial charge in [0.05, 0.1) is 28.9 Å². The van der Waals surface area contributed by atoms with Crippen LogP contribution in [0.1, 0.15) is 16.1 Å². The summed E-state index contributed by atoms with van der Waals surface area (Å²) in [6.07, 6.45) is 0. The molecule has 0 bridgehead atoms. The number of rotatable bonds is 5. The SMILES string of the molecule is COCCNC(=O)c1cc(-c2ccccc2)nc2c1c(C)nn2C. The molecule has 6 nitrogen and oxygen atoms in total. The van der Waals surface area contributed by atoms with Gasteiger partial charge >= 0.3 is 0 Å². The van der Waals surface area contributed by atoms with Crippen molar-refractivity contribution in [1.29, 1.82) is 0 Å². The molecule has 124 valence electrons. The lowest BCUT2D eigenvalue weighted by Gasteiger charge is -2.09. The van der Waals surface area contributed by atoms with Crippen molar-refractivity contribution >= 4 is 16.9 Å². The smallest absolute Gasteiger partial charge is 0.252 e. The van der Waals surface area contributed by atoms with Crippen LogP contribution in [0.15, 0.2) is 36.4 Å². The lowest BCUT2D eigenvalue weighted by atomic mass is 10.0. The number of carbonyl (C=O) groups excluding carboxylic acids is 1. The summed E-state index contributed by atoms with van der Waals surface area (Å²) < 4.78 is 6.70. The summed E-state index contributed by atoms with van der Waals surface area (Å²) in [7, 11) is 3.44.